The summed E-state index contributed by atoms with van der Waals surface area (Å²) in [6.45, 7) is 1.37. The maximum atomic E-state index is 14.7. The number of nitrogens with one attached hydrogen (secondary N) is 1. The first kappa shape index (κ1) is 22.7. The van der Waals surface area contributed by atoms with E-state index in [1.165, 1.54) is 39.0 Å². The number of fused-ring (bicyclic) bond motifs is 1. The molecular weight excluding hydrogens is 471 g/mol. The highest BCUT2D eigenvalue weighted by atomic mass is 32.1. The Kier molecular flexibility index (Phi) is 6.04. The van der Waals surface area contributed by atoms with Gasteiger partial charge in [-0.1, -0.05) is 18.2 Å². The number of aromatic nitrogens is 2. The number of carbonyl (C=O) groups is 2. The van der Waals surface area contributed by atoms with Crippen LogP contribution in [-0.4, -0.2) is 57.3 Å². The van der Waals surface area contributed by atoms with Crippen LogP contribution in [0.15, 0.2) is 68.9 Å². The summed E-state index contributed by atoms with van der Waals surface area (Å²) in [5, 5.41) is 3.99. The molecule has 0 aliphatic carbocycles. The van der Waals surface area contributed by atoms with Gasteiger partial charge in [-0.05, 0) is 41.3 Å². The van der Waals surface area contributed by atoms with Gasteiger partial charge in [0.2, 0.25) is 0 Å². The lowest BCUT2D eigenvalue weighted by molar-refractivity contribution is 0.0533. The van der Waals surface area contributed by atoms with Crippen LogP contribution in [0, 0.1) is 5.82 Å². The van der Waals surface area contributed by atoms with Crippen molar-refractivity contribution >= 4 is 34.1 Å². The molecule has 178 valence electrons. The second-order valence-corrected chi connectivity index (χ2v) is 9.05. The van der Waals surface area contributed by atoms with Gasteiger partial charge in [-0.2, -0.15) is 11.3 Å². The van der Waals surface area contributed by atoms with Crippen molar-refractivity contribution in [3.05, 3.63) is 103 Å². The predicted octanol–water partition coefficient (Wildman–Crippen LogP) is 2.54. The van der Waals surface area contributed by atoms with Crippen molar-refractivity contribution in [2.75, 3.05) is 26.2 Å². The summed E-state index contributed by atoms with van der Waals surface area (Å²) in [5.41, 5.74) is 0.455. The van der Waals surface area contributed by atoms with Crippen LogP contribution in [0.25, 0.3) is 10.9 Å². The Morgan fingerprint density at radius 3 is 2.37 bits per heavy atom. The number of nitrogens with zero attached hydrogens (tertiary/aromatic N) is 3. The predicted molar refractivity (Wildman–Crippen MR) is 130 cm³/mol. The lowest BCUT2D eigenvalue weighted by atomic mass is 10.1. The molecule has 0 atom stereocenters. The first-order chi connectivity index (χ1) is 16.9. The molecule has 0 radical (unpaired) electrons. The van der Waals surface area contributed by atoms with Gasteiger partial charge >= 0.3 is 5.69 Å². The number of benzene rings is 2. The van der Waals surface area contributed by atoms with Crippen molar-refractivity contribution in [1.29, 1.82) is 0 Å². The normalized spacial score (nSPS) is 13.9. The molecule has 10 heteroatoms. The molecule has 2 aromatic carbocycles. The van der Waals surface area contributed by atoms with Crippen LogP contribution in [0.4, 0.5) is 4.39 Å². The van der Waals surface area contributed by atoms with Crippen LogP contribution in [0.2, 0.25) is 0 Å². The van der Waals surface area contributed by atoms with Crippen molar-refractivity contribution in [2.24, 2.45) is 0 Å². The van der Waals surface area contributed by atoms with Crippen LogP contribution in [-0.2, 0) is 6.54 Å². The van der Waals surface area contributed by atoms with E-state index in [9.17, 15) is 23.6 Å². The molecule has 2 aromatic heterocycles. The van der Waals surface area contributed by atoms with E-state index in [1.54, 1.807) is 40.6 Å². The Morgan fingerprint density at radius 1 is 0.943 bits per heavy atom. The summed E-state index contributed by atoms with van der Waals surface area (Å²) < 4.78 is 16.0. The van der Waals surface area contributed by atoms with Gasteiger partial charge in [0, 0.05) is 31.6 Å². The van der Waals surface area contributed by atoms with Crippen molar-refractivity contribution in [3.63, 3.8) is 0 Å². The van der Waals surface area contributed by atoms with Gasteiger partial charge in [-0.3, -0.25) is 23.9 Å². The number of para-hydroxylation sites is 1. The summed E-state index contributed by atoms with van der Waals surface area (Å²) in [6, 6.07) is 12.6. The Bertz CT molecular complexity index is 1540. The highest BCUT2D eigenvalue weighted by Crippen LogP contribution is 2.18. The number of hydrogen-bond donors (Lipinski definition) is 1. The Balaban J connectivity index is 1.36. The van der Waals surface area contributed by atoms with E-state index in [0.29, 0.717) is 48.2 Å². The van der Waals surface area contributed by atoms with Crippen molar-refractivity contribution in [2.45, 2.75) is 6.54 Å². The first-order valence-electron chi connectivity index (χ1n) is 11.0. The van der Waals surface area contributed by atoms with Crippen molar-refractivity contribution in [3.8, 4) is 0 Å². The molecule has 0 spiro atoms. The lowest BCUT2D eigenvalue weighted by Crippen LogP contribution is -2.50. The summed E-state index contributed by atoms with van der Waals surface area (Å²) in [6.07, 6.45) is 0. The second-order valence-electron chi connectivity index (χ2n) is 8.27. The van der Waals surface area contributed by atoms with E-state index in [-0.39, 0.29) is 18.0 Å². The average Bonchev–Trinajstić information content (AvgIpc) is 3.42. The minimum Gasteiger partial charge on any atom is -0.335 e. The molecule has 3 heterocycles. The molecule has 0 saturated carbocycles. The van der Waals surface area contributed by atoms with Gasteiger partial charge in [-0.25, -0.2) is 9.18 Å². The number of carbonyl (C=O) groups excluding carboxylic acids is 2. The lowest BCUT2D eigenvalue weighted by Gasteiger charge is -2.34. The molecule has 2 amide bonds. The summed E-state index contributed by atoms with van der Waals surface area (Å²) in [7, 11) is 0. The number of aromatic amines is 1. The quantitative estimate of drug-likeness (QED) is 0.474. The third-order valence-corrected chi connectivity index (χ3v) is 6.81. The fraction of sp³-hybridized carbons (Fsp3) is 0.200. The summed E-state index contributed by atoms with van der Waals surface area (Å²) in [5.74, 6) is -1.20. The highest BCUT2D eigenvalue weighted by molar-refractivity contribution is 7.08. The molecular formula is C25H21FN4O4S. The third kappa shape index (κ3) is 4.40. The zero-order chi connectivity index (χ0) is 24.5. The topological polar surface area (TPSA) is 95.5 Å². The molecule has 0 unspecified atom stereocenters. The number of piperazine rings is 1. The highest BCUT2D eigenvalue weighted by Gasteiger charge is 2.27. The molecule has 1 fully saturated rings. The zero-order valence-corrected chi connectivity index (χ0v) is 19.4. The van der Waals surface area contributed by atoms with Crippen molar-refractivity contribution < 1.29 is 14.0 Å². The average molecular weight is 493 g/mol. The molecule has 1 aliphatic heterocycles. The van der Waals surface area contributed by atoms with Crippen molar-refractivity contribution in [1.82, 2.24) is 19.4 Å². The number of hydrogen-bond acceptors (Lipinski definition) is 5. The molecule has 1 N–H and O–H groups in total. The summed E-state index contributed by atoms with van der Waals surface area (Å²) >= 11 is 1.45. The smallest absolute Gasteiger partial charge is 0.329 e. The number of H-pyrrole nitrogens is 1. The van der Waals surface area contributed by atoms with E-state index >= 15 is 0 Å². The van der Waals surface area contributed by atoms with E-state index in [1.807, 2.05) is 5.38 Å². The third-order valence-electron chi connectivity index (χ3n) is 6.13. The van der Waals surface area contributed by atoms with E-state index < -0.39 is 23.0 Å². The number of rotatable bonds is 4. The zero-order valence-electron chi connectivity index (χ0n) is 18.6. The minimum atomic E-state index is -0.658. The van der Waals surface area contributed by atoms with Crippen LogP contribution < -0.4 is 11.2 Å². The van der Waals surface area contributed by atoms with Gasteiger partial charge in [0.1, 0.15) is 5.82 Å². The van der Waals surface area contributed by atoms with Gasteiger partial charge < -0.3 is 9.80 Å². The maximum absolute atomic E-state index is 14.7. The Hall–Kier alpha value is -4.05. The molecule has 0 bridgehead atoms. The Morgan fingerprint density at radius 2 is 1.66 bits per heavy atom. The van der Waals surface area contributed by atoms with Gasteiger partial charge in [0.15, 0.2) is 0 Å². The Labute approximate surface area is 202 Å². The number of thiophene rings is 1. The number of halogens is 1. The monoisotopic (exact) mass is 492 g/mol. The maximum Gasteiger partial charge on any atom is 0.329 e. The molecule has 8 nitrogen and oxygen atoms in total. The van der Waals surface area contributed by atoms with E-state index in [0.717, 1.165) is 0 Å². The van der Waals surface area contributed by atoms with Crippen LogP contribution in [0.5, 0.6) is 0 Å². The van der Waals surface area contributed by atoms with Gasteiger partial charge in [0.25, 0.3) is 17.4 Å². The molecule has 4 aromatic rings. The molecule has 1 saturated heterocycles. The van der Waals surface area contributed by atoms with Gasteiger partial charge in [-0.15, -0.1) is 0 Å². The van der Waals surface area contributed by atoms with Gasteiger partial charge in [0.05, 0.1) is 28.6 Å². The fourth-order valence-corrected chi connectivity index (χ4v) is 4.90. The fourth-order valence-electron chi connectivity index (χ4n) is 4.27. The first-order valence-corrected chi connectivity index (χ1v) is 12.0. The van der Waals surface area contributed by atoms with Crippen LogP contribution >= 0.6 is 11.3 Å². The van der Waals surface area contributed by atoms with E-state index in [2.05, 4.69) is 4.98 Å². The SMILES string of the molecule is O=C(c1ccsc1)N1CCN(C(=O)c2cc(Cn3c(=O)[nH]c(=O)c4ccccc43)ccc2F)CC1. The minimum absolute atomic E-state index is 0.0552. The van der Waals surface area contributed by atoms with E-state index in [4.69, 9.17) is 0 Å². The molecule has 5 rings (SSSR count). The number of amides is 2. The second kappa shape index (κ2) is 9.30. The molecule has 1 aliphatic rings. The van der Waals surface area contributed by atoms with Crippen LogP contribution in [0.3, 0.4) is 0 Å². The standard InChI is InChI=1S/C25H21FN4O4S/c26-20-6-5-16(14-30-21-4-2-1-3-18(21)22(31)27-25(30)34)13-19(20)24(33)29-10-8-28(9-11-29)23(32)17-7-12-35-15-17/h1-7,12-13,15H,8-11,14H2,(H,27,31,34). The van der Waals surface area contributed by atoms with Crippen LogP contribution in [0.1, 0.15) is 26.3 Å². The summed E-state index contributed by atoms with van der Waals surface area (Å²) in [4.78, 5) is 55.8. The largest absolute Gasteiger partial charge is 0.335 e. The molecule has 35 heavy (non-hydrogen) atoms.